The number of allylic oxidation sites excluding steroid dienone is 2. The Kier molecular flexibility index (Phi) is 16.8. The summed E-state index contributed by atoms with van der Waals surface area (Å²) < 4.78 is 11.1. The molecule has 4 atom stereocenters. The Hall–Kier alpha value is -2.40. The van der Waals surface area contributed by atoms with Crippen molar-refractivity contribution in [1.29, 1.82) is 0 Å². The minimum absolute atomic E-state index is 0.211. The third-order valence-corrected chi connectivity index (χ3v) is 20.3. The molecule has 392 valence electrons. The zero-order chi connectivity index (χ0) is 51.4. The van der Waals surface area contributed by atoms with E-state index in [1.807, 2.05) is 0 Å². The average Bonchev–Trinajstić information content (AvgIpc) is 4.01. The monoisotopic (exact) mass is 949 g/mol. The van der Waals surface area contributed by atoms with Crippen LogP contribution in [0.25, 0.3) is 0 Å². The first-order valence-electron chi connectivity index (χ1n) is 27.0. The van der Waals surface area contributed by atoms with E-state index in [1.54, 1.807) is 0 Å². The molecule has 10 heteroatoms. The molecule has 0 aromatic carbocycles. The molecule has 8 saturated heterocycles. The van der Waals surface area contributed by atoms with E-state index in [9.17, 15) is 0 Å². The SMILES string of the molecule is C=C1CC[C@@H]2CN(C(C)(C)C(C)(C)C)CCN12.C=C1CC[C@H]2CN(C(C)(C)C(C)(C)C)CCN12.C=C1OC[C@@H]2CN(C(C)(C)C(C)(C)C)CCN12.C=C1OC[C@H]2CN(C(C)(C)C(C)(C)C)CCN12. The average molecular weight is 950 g/mol. The lowest BCUT2D eigenvalue weighted by Crippen LogP contribution is -2.61. The normalized spacial score (nSPS) is 27.2. The highest BCUT2D eigenvalue weighted by molar-refractivity contribution is 5.11. The molecule has 8 aliphatic rings. The Bertz CT molecular complexity index is 1510. The third-order valence-electron chi connectivity index (χ3n) is 20.3. The molecule has 10 nitrogen and oxygen atoms in total. The van der Waals surface area contributed by atoms with Crippen molar-refractivity contribution in [1.82, 2.24) is 39.2 Å². The number of ether oxygens (including phenoxy) is 2. The van der Waals surface area contributed by atoms with Gasteiger partial charge in [0.05, 0.1) is 12.1 Å². The maximum Gasteiger partial charge on any atom is 0.182 e. The predicted octanol–water partition coefficient (Wildman–Crippen LogP) is 10.8. The maximum atomic E-state index is 5.55. The second-order valence-corrected chi connectivity index (χ2v) is 28.0. The van der Waals surface area contributed by atoms with Crippen molar-refractivity contribution in [2.45, 2.75) is 210 Å². The second kappa shape index (κ2) is 20.2. The van der Waals surface area contributed by atoms with Crippen LogP contribution in [0.4, 0.5) is 0 Å². The Morgan fingerprint density at radius 2 is 0.574 bits per heavy atom. The van der Waals surface area contributed by atoms with Crippen LogP contribution < -0.4 is 0 Å². The third kappa shape index (κ3) is 11.8. The van der Waals surface area contributed by atoms with E-state index in [0.717, 1.165) is 76.3 Å². The lowest BCUT2D eigenvalue weighted by atomic mass is 9.74. The van der Waals surface area contributed by atoms with Gasteiger partial charge in [0.25, 0.3) is 0 Å². The van der Waals surface area contributed by atoms with Crippen LogP contribution in [0.3, 0.4) is 0 Å². The first-order chi connectivity index (χ1) is 30.9. The molecule has 8 rings (SSSR count). The van der Waals surface area contributed by atoms with Gasteiger partial charge in [-0.15, -0.1) is 0 Å². The van der Waals surface area contributed by atoms with E-state index < -0.39 is 0 Å². The van der Waals surface area contributed by atoms with Crippen molar-refractivity contribution in [2.24, 2.45) is 21.7 Å². The summed E-state index contributed by atoms with van der Waals surface area (Å²) in [6, 6.07) is 2.44. The van der Waals surface area contributed by atoms with E-state index in [-0.39, 0.29) is 33.0 Å². The Morgan fingerprint density at radius 3 is 0.824 bits per heavy atom. The van der Waals surface area contributed by atoms with Gasteiger partial charge in [-0.1, -0.05) is 96.2 Å². The summed E-state index contributed by atoms with van der Waals surface area (Å²) in [5, 5.41) is 0. The van der Waals surface area contributed by atoms with Gasteiger partial charge >= 0.3 is 0 Å². The molecule has 8 heterocycles. The highest BCUT2D eigenvalue weighted by Gasteiger charge is 2.47. The molecule has 0 radical (unpaired) electrons. The number of fused-ring (bicyclic) bond motifs is 4. The molecule has 68 heavy (non-hydrogen) atoms. The zero-order valence-corrected chi connectivity index (χ0v) is 48.3. The lowest BCUT2D eigenvalue weighted by molar-refractivity contribution is -0.0204. The van der Waals surface area contributed by atoms with Gasteiger partial charge in [0.1, 0.15) is 13.2 Å². The van der Waals surface area contributed by atoms with Crippen molar-refractivity contribution >= 4 is 0 Å². The summed E-state index contributed by atoms with van der Waals surface area (Å²) in [5.74, 6) is 1.73. The molecule has 0 amide bonds. The fourth-order valence-corrected chi connectivity index (χ4v) is 11.1. The minimum atomic E-state index is 0.211. The van der Waals surface area contributed by atoms with Gasteiger partial charge in [0, 0.05) is 124 Å². The Balaban J connectivity index is 0.000000169. The fraction of sp³-hybridized carbons (Fsp3) is 0.862. The summed E-state index contributed by atoms with van der Waals surface area (Å²) in [4.78, 5) is 20.3. The van der Waals surface area contributed by atoms with E-state index in [4.69, 9.17) is 9.47 Å². The quantitative estimate of drug-likeness (QED) is 0.272. The molecule has 0 aliphatic carbocycles. The molecule has 0 aromatic rings. The van der Waals surface area contributed by atoms with Crippen LogP contribution in [0, 0.1) is 21.7 Å². The Labute approximate surface area is 420 Å². The zero-order valence-electron chi connectivity index (χ0n) is 48.3. The molecule has 8 fully saturated rings. The van der Waals surface area contributed by atoms with Crippen molar-refractivity contribution in [3.05, 3.63) is 49.5 Å². The van der Waals surface area contributed by atoms with Gasteiger partial charge in [0.2, 0.25) is 0 Å². The first kappa shape index (κ1) is 56.5. The molecular weight excluding hydrogens is 841 g/mol. The molecule has 8 aliphatic heterocycles. The number of nitrogens with zero attached hydrogens (tertiary/aromatic N) is 8. The topological polar surface area (TPSA) is 44.4 Å². The molecule has 0 spiro atoms. The van der Waals surface area contributed by atoms with Crippen LogP contribution in [-0.4, -0.2) is 177 Å². The highest BCUT2D eigenvalue weighted by atomic mass is 16.5. The molecule has 0 saturated carbocycles. The van der Waals surface area contributed by atoms with Gasteiger partial charge < -0.3 is 29.1 Å². The van der Waals surface area contributed by atoms with Crippen LogP contribution in [0.15, 0.2) is 49.5 Å². The number of hydrogen-bond donors (Lipinski definition) is 0. The lowest BCUT2D eigenvalue weighted by Gasteiger charge is -2.52. The van der Waals surface area contributed by atoms with Crippen molar-refractivity contribution in [2.75, 3.05) is 91.8 Å². The maximum absolute atomic E-state index is 5.55. The van der Waals surface area contributed by atoms with Gasteiger partial charge in [-0.3, -0.25) is 19.6 Å². The van der Waals surface area contributed by atoms with Crippen LogP contribution in [0.5, 0.6) is 0 Å². The summed E-state index contributed by atoms with van der Waals surface area (Å²) in [5.41, 5.74) is 4.90. The van der Waals surface area contributed by atoms with Gasteiger partial charge in [-0.05, 0) is 116 Å². The van der Waals surface area contributed by atoms with Crippen LogP contribution in [0.2, 0.25) is 0 Å². The van der Waals surface area contributed by atoms with Crippen LogP contribution >= 0.6 is 0 Å². The van der Waals surface area contributed by atoms with Crippen molar-refractivity contribution in [3.63, 3.8) is 0 Å². The standard InChI is InChI=1S/2C15H28N2.2C14H26N2O/c2*1-12-7-8-13-11-16(9-10-17(12)13)15(5,6)14(2,3)4;2*1-11-16-8-7-15(9-12(16)10-17-11)14(5,6)13(2,3)4/h2*13H,1,7-11H2,2-6H3;2*12H,1,7-10H2,2-6H3/t2*13-;2*12-/m1010/s1. The number of piperazine rings is 4. The predicted molar refractivity (Wildman–Crippen MR) is 289 cm³/mol. The van der Waals surface area contributed by atoms with Gasteiger partial charge in [0.15, 0.2) is 11.8 Å². The van der Waals surface area contributed by atoms with E-state index in [0.29, 0.717) is 22.9 Å². The molecule has 0 N–H and O–H groups in total. The largest absolute Gasteiger partial charge is 0.477 e. The highest BCUT2D eigenvalue weighted by Crippen LogP contribution is 2.42. The summed E-state index contributed by atoms with van der Waals surface area (Å²) >= 11 is 0. The Morgan fingerprint density at radius 1 is 0.338 bits per heavy atom. The van der Waals surface area contributed by atoms with Crippen molar-refractivity contribution < 1.29 is 9.47 Å². The molecule has 0 unspecified atom stereocenters. The summed E-state index contributed by atoms with van der Waals surface area (Å²) in [7, 11) is 0. The molecule has 0 bridgehead atoms. The summed E-state index contributed by atoms with van der Waals surface area (Å²) in [6.07, 6.45) is 5.01. The smallest absolute Gasteiger partial charge is 0.182 e. The molecular formula is C58H108N8O2. The number of hydrogen-bond acceptors (Lipinski definition) is 10. The van der Waals surface area contributed by atoms with E-state index >= 15 is 0 Å². The molecule has 0 aromatic heterocycles. The van der Waals surface area contributed by atoms with Gasteiger partial charge in [-0.25, -0.2) is 0 Å². The first-order valence-corrected chi connectivity index (χ1v) is 27.0. The van der Waals surface area contributed by atoms with E-state index in [1.165, 1.54) is 76.3 Å². The van der Waals surface area contributed by atoms with E-state index in [2.05, 4.69) is 204 Å². The minimum Gasteiger partial charge on any atom is -0.477 e. The number of rotatable bonds is 4. The van der Waals surface area contributed by atoms with Crippen molar-refractivity contribution in [3.8, 4) is 0 Å². The fourth-order valence-electron chi connectivity index (χ4n) is 11.1. The van der Waals surface area contributed by atoms with Crippen LogP contribution in [0.1, 0.15) is 164 Å². The second-order valence-electron chi connectivity index (χ2n) is 28.0. The van der Waals surface area contributed by atoms with Gasteiger partial charge in [-0.2, -0.15) is 0 Å². The van der Waals surface area contributed by atoms with Crippen LogP contribution in [-0.2, 0) is 9.47 Å². The summed E-state index contributed by atoms with van der Waals surface area (Å²) in [6.45, 7) is 78.5.